The molecule has 0 saturated carbocycles. The number of nitrogens with zero attached hydrogens (tertiary/aromatic N) is 1. The zero-order chi connectivity index (χ0) is 23.8. The second kappa shape index (κ2) is 11.4. The van der Waals surface area contributed by atoms with Crippen LogP contribution in [0.4, 0.5) is 0 Å². The second-order valence-electron chi connectivity index (χ2n) is 7.83. The molecule has 32 heavy (non-hydrogen) atoms. The molecule has 0 aromatic heterocycles. The highest BCUT2D eigenvalue weighted by Gasteiger charge is 2.39. The number of carboxylic acid groups (broad SMARTS) is 3. The molecule has 0 bridgehead atoms. The Kier molecular flexibility index (Phi) is 8.93. The van der Waals surface area contributed by atoms with E-state index in [4.69, 9.17) is 15.3 Å². The number of carbonyl (C=O) groups excluding carboxylic acids is 3. The topological polar surface area (TPSA) is 202 Å². The number of hydrogen-bond acceptors (Lipinski definition) is 7. The fraction of sp³-hybridized carbons (Fsp3) is 0.684. The summed E-state index contributed by atoms with van der Waals surface area (Å²) in [6, 6.07) is -4.36. The van der Waals surface area contributed by atoms with Gasteiger partial charge in [-0.1, -0.05) is 0 Å². The van der Waals surface area contributed by atoms with E-state index in [9.17, 15) is 28.8 Å². The molecule has 0 radical (unpaired) electrons. The maximum Gasteiger partial charge on any atom is 0.326 e. The average molecular weight is 456 g/mol. The standard InChI is InChI=1S/C19H28N4O9/c24-14(25)6-5-10(16(28)22-12(19(31)32)9-15(26)27)21-17(29)13-4-2-8-23(13)18(30)11-3-1-7-20-11/h10-13,20H,1-9H2,(H,21,29)(H,22,28)(H,24,25)(H,26,27)(H,31,32). The summed E-state index contributed by atoms with van der Waals surface area (Å²) >= 11 is 0. The van der Waals surface area contributed by atoms with E-state index in [1.807, 2.05) is 5.32 Å². The molecule has 4 atom stereocenters. The van der Waals surface area contributed by atoms with Crippen molar-refractivity contribution in [1.29, 1.82) is 0 Å². The van der Waals surface area contributed by atoms with Gasteiger partial charge in [-0.2, -0.15) is 0 Å². The van der Waals surface area contributed by atoms with Gasteiger partial charge in [-0.3, -0.25) is 24.0 Å². The van der Waals surface area contributed by atoms with Crippen molar-refractivity contribution in [3.63, 3.8) is 0 Å². The second-order valence-corrected chi connectivity index (χ2v) is 7.83. The van der Waals surface area contributed by atoms with Crippen molar-refractivity contribution in [3.05, 3.63) is 0 Å². The molecule has 2 saturated heterocycles. The Labute approximate surface area is 183 Å². The van der Waals surface area contributed by atoms with Crippen molar-refractivity contribution in [3.8, 4) is 0 Å². The van der Waals surface area contributed by atoms with Crippen LogP contribution >= 0.6 is 0 Å². The Hall–Kier alpha value is -3.22. The molecule has 3 amide bonds. The zero-order valence-electron chi connectivity index (χ0n) is 17.4. The van der Waals surface area contributed by atoms with E-state index in [2.05, 4.69) is 10.6 Å². The minimum Gasteiger partial charge on any atom is -0.481 e. The molecule has 2 aliphatic rings. The Balaban J connectivity index is 2.08. The molecule has 0 aromatic rings. The Morgan fingerprint density at radius 3 is 2.22 bits per heavy atom. The van der Waals surface area contributed by atoms with Crippen LogP contribution in [0, 0.1) is 0 Å². The minimum absolute atomic E-state index is 0.209. The summed E-state index contributed by atoms with van der Waals surface area (Å²) in [7, 11) is 0. The van der Waals surface area contributed by atoms with E-state index in [-0.39, 0.29) is 18.4 Å². The summed E-state index contributed by atoms with van der Waals surface area (Å²) < 4.78 is 0. The van der Waals surface area contributed by atoms with E-state index in [1.54, 1.807) is 0 Å². The van der Waals surface area contributed by atoms with Gasteiger partial charge < -0.3 is 36.2 Å². The van der Waals surface area contributed by atoms with Crippen LogP contribution in [0.15, 0.2) is 0 Å². The number of amides is 3. The van der Waals surface area contributed by atoms with Crippen LogP contribution in [0.25, 0.3) is 0 Å². The fourth-order valence-corrected chi connectivity index (χ4v) is 3.85. The average Bonchev–Trinajstić information content (AvgIpc) is 3.41. The molecule has 0 spiro atoms. The van der Waals surface area contributed by atoms with Crippen molar-refractivity contribution >= 4 is 35.6 Å². The number of rotatable bonds is 11. The van der Waals surface area contributed by atoms with Crippen molar-refractivity contribution < 1.29 is 44.1 Å². The van der Waals surface area contributed by atoms with Gasteiger partial charge in [0.05, 0.1) is 12.5 Å². The number of hydrogen-bond donors (Lipinski definition) is 6. The molecule has 2 fully saturated rings. The smallest absolute Gasteiger partial charge is 0.326 e. The van der Waals surface area contributed by atoms with Gasteiger partial charge in [-0.05, 0) is 38.6 Å². The lowest BCUT2D eigenvalue weighted by atomic mass is 10.1. The molecule has 0 aromatic carbocycles. The highest BCUT2D eigenvalue weighted by Crippen LogP contribution is 2.21. The van der Waals surface area contributed by atoms with Gasteiger partial charge in [-0.25, -0.2) is 4.79 Å². The highest BCUT2D eigenvalue weighted by molar-refractivity contribution is 5.95. The van der Waals surface area contributed by atoms with Gasteiger partial charge in [0.1, 0.15) is 18.1 Å². The number of carboxylic acids is 3. The minimum atomic E-state index is -1.75. The Morgan fingerprint density at radius 2 is 1.66 bits per heavy atom. The van der Waals surface area contributed by atoms with Crippen LogP contribution in [-0.4, -0.2) is 93.1 Å². The highest BCUT2D eigenvalue weighted by atomic mass is 16.4. The third kappa shape index (κ3) is 6.90. The third-order valence-electron chi connectivity index (χ3n) is 5.47. The number of carbonyl (C=O) groups is 6. The van der Waals surface area contributed by atoms with E-state index < -0.39 is 60.7 Å². The van der Waals surface area contributed by atoms with E-state index in [0.717, 1.165) is 6.42 Å². The van der Waals surface area contributed by atoms with Gasteiger partial charge in [0.2, 0.25) is 17.7 Å². The maximum atomic E-state index is 12.9. The quantitative estimate of drug-likeness (QED) is 0.204. The van der Waals surface area contributed by atoms with Crippen molar-refractivity contribution in [2.75, 3.05) is 13.1 Å². The molecule has 0 aliphatic carbocycles. The third-order valence-corrected chi connectivity index (χ3v) is 5.47. The summed E-state index contributed by atoms with van der Waals surface area (Å²) in [5.74, 6) is -6.14. The fourth-order valence-electron chi connectivity index (χ4n) is 3.85. The molecule has 13 nitrogen and oxygen atoms in total. The monoisotopic (exact) mass is 456 g/mol. The summed E-state index contributed by atoms with van der Waals surface area (Å²) in [5, 5.41) is 34.4. The molecule has 2 rings (SSSR count). The Morgan fingerprint density at radius 1 is 0.938 bits per heavy atom. The van der Waals surface area contributed by atoms with E-state index >= 15 is 0 Å². The number of likely N-dealkylation sites (tertiary alicyclic amines) is 1. The summed E-state index contributed by atoms with van der Waals surface area (Å²) in [6.45, 7) is 1.08. The van der Waals surface area contributed by atoms with Crippen LogP contribution in [0.5, 0.6) is 0 Å². The first-order chi connectivity index (χ1) is 15.1. The molecular formula is C19H28N4O9. The summed E-state index contributed by atoms with van der Waals surface area (Å²) in [6.07, 6.45) is 0.745. The predicted molar refractivity (Wildman–Crippen MR) is 106 cm³/mol. The van der Waals surface area contributed by atoms with E-state index in [0.29, 0.717) is 32.4 Å². The lowest BCUT2D eigenvalue weighted by Gasteiger charge is -2.28. The van der Waals surface area contributed by atoms with Crippen molar-refractivity contribution in [2.45, 2.75) is 69.1 Å². The zero-order valence-corrected chi connectivity index (χ0v) is 17.4. The normalized spacial score (nSPS) is 22.1. The maximum absolute atomic E-state index is 12.9. The van der Waals surface area contributed by atoms with E-state index in [1.165, 1.54) is 4.90 Å². The van der Waals surface area contributed by atoms with Crippen LogP contribution in [0.3, 0.4) is 0 Å². The van der Waals surface area contributed by atoms with Gasteiger partial charge in [0.25, 0.3) is 0 Å². The van der Waals surface area contributed by atoms with Gasteiger partial charge in [0, 0.05) is 13.0 Å². The molecule has 178 valence electrons. The van der Waals surface area contributed by atoms with Gasteiger partial charge in [-0.15, -0.1) is 0 Å². The van der Waals surface area contributed by atoms with Crippen LogP contribution in [0.1, 0.15) is 44.9 Å². The number of nitrogens with one attached hydrogen (secondary N) is 3. The van der Waals surface area contributed by atoms with Crippen LogP contribution in [-0.2, 0) is 28.8 Å². The van der Waals surface area contributed by atoms with Crippen LogP contribution in [0.2, 0.25) is 0 Å². The van der Waals surface area contributed by atoms with Crippen LogP contribution < -0.4 is 16.0 Å². The predicted octanol–water partition coefficient (Wildman–Crippen LogP) is -1.88. The van der Waals surface area contributed by atoms with Crippen molar-refractivity contribution in [2.24, 2.45) is 0 Å². The summed E-state index contributed by atoms with van der Waals surface area (Å²) in [5.41, 5.74) is 0. The molecule has 6 N–H and O–H groups in total. The first-order valence-electron chi connectivity index (χ1n) is 10.4. The molecule has 4 unspecified atom stereocenters. The first-order valence-corrected chi connectivity index (χ1v) is 10.4. The van der Waals surface area contributed by atoms with Crippen molar-refractivity contribution in [1.82, 2.24) is 20.9 Å². The largest absolute Gasteiger partial charge is 0.481 e. The van der Waals surface area contributed by atoms with Gasteiger partial charge in [0.15, 0.2) is 0 Å². The summed E-state index contributed by atoms with van der Waals surface area (Å²) in [4.78, 5) is 72.6. The number of aliphatic carboxylic acids is 3. The lowest BCUT2D eigenvalue weighted by molar-refractivity contribution is -0.147. The first kappa shape index (κ1) is 25.0. The molecule has 2 aliphatic heterocycles. The SMILES string of the molecule is O=C(O)CCC(NC(=O)C1CCCN1C(=O)C1CCCN1)C(=O)NC(CC(=O)O)C(=O)O. The molecule has 2 heterocycles. The Bertz CT molecular complexity index is 766. The molecule has 13 heteroatoms. The van der Waals surface area contributed by atoms with Gasteiger partial charge >= 0.3 is 17.9 Å². The lowest BCUT2D eigenvalue weighted by Crippen LogP contribution is -2.56. The molecular weight excluding hydrogens is 428 g/mol.